The number of thiophene rings is 1. The van der Waals surface area contributed by atoms with Crippen LogP contribution in [0.25, 0.3) is 10.1 Å². The molecule has 1 heterocycles. The fourth-order valence-electron chi connectivity index (χ4n) is 1.21. The third-order valence-electron chi connectivity index (χ3n) is 1.80. The van der Waals surface area contributed by atoms with E-state index in [4.69, 9.17) is 11.6 Å². The van der Waals surface area contributed by atoms with Crippen molar-refractivity contribution in [2.24, 2.45) is 0 Å². The van der Waals surface area contributed by atoms with Crippen LogP contribution in [0.1, 0.15) is 0 Å². The highest BCUT2D eigenvalue weighted by Crippen LogP contribution is 2.38. The number of non-ortho nitro benzene ring substituents is 1. The molecule has 0 bridgehead atoms. The Bertz CT molecular complexity index is 525. The van der Waals surface area contributed by atoms with E-state index in [9.17, 15) is 10.1 Å². The second-order valence-corrected chi connectivity index (χ2v) is 5.06. The van der Waals surface area contributed by atoms with E-state index in [1.54, 1.807) is 11.4 Å². The molecule has 3 nitrogen and oxygen atoms in total. The van der Waals surface area contributed by atoms with E-state index >= 15 is 0 Å². The number of nitrogens with zero attached hydrogens (tertiary/aromatic N) is 1. The van der Waals surface area contributed by atoms with E-state index < -0.39 is 4.92 Å². The van der Waals surface area contributed by atoms with Gasteiger partial charge in [0, 0.05) is 15.0 Å². The molecule has 2 rings (SSSR count). The van der Waals surface area contributed by atoms with Crippen LogP contribution in [-0.4, -0.2) is 4.92 Å². The molecule has 72 valence electrons. The fourth-order valence-corrected chi connectivity index (χ4v) is 3.28. The fraction of sp³-hybridized carbons (Fsp3) is 0. The molecule has 0 saturated carbocycles. The zero-order valence-electron chi connectivity index (χ0n) is 6.66. The van der Waals surface area contributed by atoms with Gasteiger partial charge in [0.1, 0.15) is 0 Å². The molecule has 0 aliphatic heterocycles. The Morgan fingerprint density at radius 1 is 1.50 bits per heavy atom. The summed E-state index contributed by atoms with van der Waals surface area (Å²) in [7, 11) is 0. The molecule has 6 heteroatoms. The minimum atomic E-state index is -0.406. The lowest BCUT2D eigenvalue weighted by Crippen LogP contribution is -1.88. The normalized spacial score (nSPS) is 10.7. The number of hydrogen-bond acceptors (Lipinski definition) is 3. The summed E-state index contributed by atoms with van der Waals surface area (Å²) < 4.78 is 1.87. The molecule has 0 N–H and O–H groups in total. The quantitative estimate of drug-likeness (QED) is 0.446. The Kier molecular flexibility index (Phi) is 2.63. The molecule has 1 aromatic carbocycles. The maximum atomic E-state index is 10.7. The summed E-state index contributed by atoms with van der Waals surface area (Å²) in [4.78, 5) is 10.3. The van der Waals surface area contributed by atoms with Crippen LogP contribution in [0.2, 0.25) is 5.02 Å². The van der Waals surface area contributed by atoms with Gasteiger partial charge < -0.3 is 0 Å². The second kappa shape index (κ2) is 3.63. The van der Waals surface area contributed by atoms with Gasteiger partial charge >= 0.3 is 0 Å². The molecular formula is C8H3ClINO2S. The van der Waals surface area contributed by atoms with Gasteiger partial charge in [-0.15, -0.1) is 11.3 Å². The van der Waals surface area contributed by atoms with Crippen LogP contribution >= 0.6 is 45.5 Å². The number of nitro benzene ring substituents is 1. The molecule has 2 aromatic rings. The van der Waals surface area contributed by atoms with Crippen LogP contribution in [0.4, 0.5) is 5.69 Å². The Balaban J connectivity index is 2.92. The van der Waals surface area contributed by atoms with Crippen molar-refractivity contribution >= 4 is 61.3 Å². The van der Waals surface area contributed by atoms with E-state index in [-0.39, 0.29) is 5.69 Å². The largest absolute Gasteiger partial charge is 0.279 e. The average molecular weight is 340 g/mol. The third kappa shape index (κ3) is 1.49. The first-order valence-electron chi connectivity index (χ1n) is 3.61. The van der Waals surface area contributed by atoms with Crippen molar-refractivity contribution in [1.29, 1.82) is 0 Å². The summed E-state index contributed by atoms with van der Waals surface area (Å²) in [6.07, 6.45) is 0. The topological polar surface area (TPSA) is 43.1 Å². The number of fused-ring (bicyclic) bond motifs is 1. The first-order chi connectivity index (χ1) is 6.61. The molecule has 0 spiro atoms. The summed E-state index contributed by atoms with van der Waals surface area (Å²) in [6.45, 7) is 0. The summed E-state index contributed by atoms with van der Waals surface area (Å²) in [5, 5.41) is 13.5. The maximum Gasteiger partial charge on any atom is 0.279 e. The predicted molar refractivity (Wildman–Crippen MR) is 66.2 cm³/mol. The molecule has 0 radical (unpaired) electrons. The monoisotopic (exact) mass is 339 g/mol. The first-order valence-corrected chi connectivity index (χ1v) is 5.94. The lowest BCUT2D eigenvalue weighted by Gasteiger charge is -1.96. The van der Waals surface area contributed by atoms with E-state index in [1.807, 2.05) is 0 Å². The Morgan fingerprint density at radius 2 is 2.21 bits per heavy atom. The third-order valence-corrected chi connectivity index (χ3v) is 4.51. The van der Waals surface area contributed by atoms with Crippen molar-refractivity contribution in [1.82, 2.24) is 0 Å². The predicted octanol–water partition coefficient (Wildman–Crippen LogP) is 4.07. The molecular weight excluding hydrogens is 337 g/mol. The van der Waals surface area contributed by atoms with Crippen LogP contribution in [0.15, 0.2) is 17.5 Å². The van der Waals surface area contributed by atoms with Gasteiger partial charge in [0.05, 0.1) is 20.0 Å². The van der Waals surface area contributed by atoms with E-state index in [0.717, 1.165) is 8.27 Å². The summed E-state index contributed by atoms with van der Waals surface area (Å²) >= 11 is 9.47. The van der Waals surface area contributed by atoms with Gasteiger partial charge in [-0.05, 0) is 28.7 Å². The smallest absolute Gasteiger partial charge is 0.258 e. The molecule has 0 amide bonds. The van der Waals surface area contributed by atoms with Gasteiger partial charge in [0.25, 0.3) is 5.69 Å². The van der Waals surface area contributed by atoms with Crippen molar-refractivity contribution in [2.45, 2.75) is 0 Å². The molecule has 0 aliphatic rings. The highest BCUT2D eigenvalue weighted by Gasteiger charge is 2.17. The van der Waals surface area contributed by atoms with E-state index in [2.05, 4.69) is 22.6 Å². The van der Waals surface area contributed by atoms with Crippen LogP contribution < -0.4 is 0 Å². The van der Waals surface area contributed by atoms with E-state index in [0.29, 0.717) is 10.4 Å². The number of hydrogen-bond donors (Lipinski definition) is 0. The highest BCUT2D eigenvalue weighted by molar-refractivity contribution is 14.1. The minimum absolute atomic E-state index is 0.0756. The number of nitro groups is 1. The van der Waals surface area contributed by atoms with Gasteiger partial charge in [-0.2, -0.15) is 0 Å². The number of halogens is 2. The zero-order valence-corrected chi connectivity index (χ0v) is 10.4. The van der Waals surface area contributed by atoms with Gasteiger partial charge in [0.2, 0.25) is 0 Å². The van der Waals surface area contributed by atoms with Crippen molar-refractivity contribution in [2.75, 3.05) is 0 Å². The highest BCUT2D eigenvalue weighted by atomic mass is 127. The van der Waals surface area contributed by atoms with Crippen LogP contribution in [0.5, 0.6) is 0 Å². The molecule has 1 aromatic heterocycles. The van der Waals surface area contributed by atoms with Crippen molar-refractivity contribution in [3.05, 3.63) is 36.2 Å². The van der Waals surface area contributed by atoms with Gasteiger partial charge in [0.15, 0.2) is 0 Å². The van der Waals surface area contributed by atoms with Crippen molar-refractivity contribution in [3.8, 4) is 0 Å². The van der Waals surface area contributed by atoms with Crippen LogP contribution in [-0.2, 0) is 0 Å². The minimum Gasteiger partial charge on any atom is -0.258 e. The zero-order chi connectivity index (χ0) is 10.3. The van der Waals surface area contributed by atoms with Gasteiger partial charge in [-0.3, -0.25) is 10.1 Å². The Labute approximate surface area is 102 Å². The Hall–Kier alpha value is -0.400. The number of rotatable bonds is 1. The molecule has 0 saturated heterocycles. The molecule has 0 fully saturated rings. The molecule has 0 aliphatic carbocycles. The SMILES string of the molecule is O=[N+]([O-])c1ccc(I)c2scc(Cl)c12. The number of benzene rings is 1. The lowest BCUT2D eigenvalue weighted by molar-refractivity contribution is -0.383. The van der Waals surface area contributed by atoms with Crippen LogP contribution in [0.3, 0.4) is 0 Å². The summed E-state index contributed by atoms with van der Waals surface area (Å²) in [5.41, 5.74) is 0.0756. The molecule has 0 atom stereocenters. The van der Waals surface area contributed by atoms with E-state index in [1.165, 1.54) is 17.4 Å². The van der Waals surface area contributed by atoms with Gasteiger partial charge in [-0.1, -0.05) is 11.6 Å². The summed E-state index contributed by atoms with van der Waals surface area (Å²) in [5.74, 6) is 0. The standard InChI is InChI=1S/C8H3ClINO2S/c9-4-3-14-8-5(10)1-2-6(7(4)8)11(12)13/h1-3H. The van der Waals surface area contributed by atoms with Crippen LogP contribution in [0, 0.1) is 13.7 Å². The lowest BCUT2D eigenvalue weighted by atomic mass is 10.2. The van der Waals surface area contributed by atoms with Gasteiger partial charge in [-0.25, -0.2) is 0 Å². The Morgan fingerprint density at radius 3 is 2.86 bits per heavy atom. The van der Waals surface area contributed by atoms with Crippen molar-refractivity contribution in [3.63, 3.8) is 0 Å². The van der Waals surface area contributed by atoms with Crippen molar-refractivity contribution < 1.29 is 4.92 Å². The summed E-state index contributed by atoms with van der Waals surface area (Å²) in [6, 6.07) is 3.22. The second-order valence-electron chi connectivity index (χ2n) is 2.61. The molecule has 14 heavy (non-hydrogen) atoms. The molecule has 0 unspecified atom stereocenters. The average Bonchev–Trinajstić information content (AvgIpc) is 2.50. The first kappa shape index (κ1) is 10.1. The maximum absolute atomic E-state index is 10.7.